The zero-order valence-electron chi connectivity index (χ0n) is 13.4. The number of furan rings is 1. The van der Waals surface area contributed by atoms with E-state index in [9.17, 15) is 24.6 Å². The second-order valence-electron chi connectivity index (χ2n) is 5.70. The van der Waals surface area contributed by atoms with E-state index in [2.05, 4.69) is 0 Å². The number of fused-ring (bicyclic) bond motifs is 1. The highest BCUT2D eigenvalue weighted by molar-refractivity contribution is 6.11. The number of hydrogen-bond acceptors (Lipinski definition) is 6. The van der Waals surface area contributed by atoms with Crippen LogP contribution in [-0.4, -0.2) is 27.6 Å². The minimum atomic E-state index is -0.411. The molecule has 0 radical (unpaired) electrons. The van der Waals surface area contributed by atoms with E-state index in [0.717, 1.165) is 0 Å². The molecule has 0 spiro atoms. The van der Waals surface area contributed by atoms with E-state index < -0.39 is 5.78 Å². The fourth-order valence-electron chi connectivity index (χ4n) is 2.63. The van der Waals surface area contributed by atoms with Gasteiger partial charge in [0, 0.05) is 11.1 Å². The van der Waals surface area contributed by atoms with Crippen LogP contribution >= 0.6 is 0 Å². The Bertz CT molecular complexity index is 841. The Balaban J connectivity index is 2.68. The fraction of sp³-hybridized carbons (Fsp3) is 0.353. The molecule has 0 aliphatic carbocycles. The van der Waals surface area contributed by atoms with Gasteiger partial charge >= 0.3 is 0 Å². The Morgan fingerprint density at radius 1 is 1.00 bits per heavy atom. The van der Waals surface area contributed by atoms with Crippen molar-refractivity contribution in [2.45, 2.75) is 40.5 Å². The molecule has 122 valence electrons. The molecule has 0 saturated heterocycles. The van der Waals surface area contributed by atoms with E-state index in [1.54, 1.807) is 6.92 Å². The maximum Gasteiger partial charge on any atom is 0.167 e. The van der Waals surface area contributed by atoms with Crippen molar-refractivity contribution in [1.82, 2.24) is 0 Å². The van der Waals surface area contributed by atoms with Crippen LogP contribution in [0, 0.1) is 13.8 Å². The maximum atomic E-state index is 11.8. The normalized spacial score (nSPS) is 11.0. The van der Waals surface area contributed by atoms with Gasteiger partial charge in [-0.3, -0.25) is 14.4 Å². The van der Waals surface area contributed by atoms with Crippen LogP contribution in [0.1, 0.15) is 47.5 Å². The molecule has 1 aromatic heterocycles. The van der Waals surface area contributed by atoms with Crippen LogP contribution in [0.5, 0.6) is 11.5 Å². The molecule has 23 heavy (non-hydrogen) atoms. The van der Waals surface area contributed by atoms with Gasteiger partial charge in [-0.15, -0.1) is 0 Å². The Morgan fingerprint density at radius 3 is 2.13 bits per heavy atom. The number of benzene rings is 1. The lowest BCUT2D eigenvalue weighted by molar-refractivity contribution is -0.125. The van der Waals surface area contributed by atoms with E-state index in [1.165, 1.54) is 20.8 Å². The highest BCUT2D eigenvalue weighted by Gasteiger charge is 2.26. The van der Waals surface area contributed by atoms with Gasteiger partial charge in [-0.1, -0.05) is 0 Å². The van der Waals surface area contributed by atoms with Gasteiger partial charge in [-0.05, 0) is 27.7 Å². The number of Topliss-reactive ketones (excluding diaryl/α,β-unsaturated/α-hetero) is 3. The summed E-state index contributed by atoms with van der Waals surface area (Å²) in [5, 5.41) is 20.6. The molecule has 6 heteroatoms. The first-order valence-corrected chi connectivity index (χ1v) is 7.13. The molecule has 0 amide bonds. The molecule has 0 aliphatic heterocycles. The Morgan fingerprint density at radius 2 is 1.61 bits per heavy atom. The molecule has 0 fully saturated rings. The van der Waals surface area contributed by atoms with Crippen LogP contribution < -0.4 is 0 Å². The molecule has 0 atom stereocenters. The predicted molar refractivity (Wildman–Crippen MR) is 83.0 cm³/mol. The Hall–Kier alpha value is -2.63. The lowest BCUT2D eigenvalue weighted by Gasteiger charge is -2.08. The number of phenolic OH excluding ortho intramolecular Hbond substituents is 2. The number of aromatic hydroxyl groups is 2. The van der Waals surface area contributed by atoms with E-state index in [-0.39, 0.29) is 58.4 Å². The van der Waals surface area contributed by atoms with E-state index in [0.29, 0.717) is 10.9 Å². The summed E-state index contributed by atoms with van der Waals surface area (Å²) >= 11 is 0. The van der Waals surface area contributed by atoms with E-state index >= 15 is 0 Å². The monoisotopic (exact) mass is 318 g/mol. The van der Waals surface area contributed by atoms with Gasteiger partial charge in [-0.2, -0.15) is 0 Å². The number of hydrogen-bond donors (Lipinski definition) is 2. The fourth-order valence-corrected chi connectivity index (χ4v) is 2.63. The lowest BCUT2D eigenvalue weighted by Crippen LogP contribution is -2.07. The molecule has 0 unspecified atom stereocenters. The van der Waals surface area contributed by atoms with Crippen molar-refractivity contribution in [3.05, 3.63) is 22.5 Å². The van der Waals surface area contributed by atoms with Crippen LogP contribution in [0.3, 0.4) is 0 Å². The van der Waals surface area contributed by atoms with Crippen LogP contribution in [0.4, 0.5) is 0 Å². The summed E-state index contributed by atoms with van der Waals surface area (Å²) < 4.78 is 5.59. The molecular weight excluding hydrogens is 300 g/mol. The van der Waals surface area contributed by atoms with Gasteiger partial charge in [0.15, 0.2) is 11.4 Å². The van der Waals surface area contributed by atoms with Gasteiger partial charge in [0.05, 0.1) is 18.2 Å². The first-order chi connectivity index (χ1) is 10.6. The highest BCUT2D eigenvalue weighted by Crippen LogP contribution is 2.43. The van der Waals surface area contributed by atoms with E-state index in [4.69, 9.17) is 4.42 Å². The van der Waals surface area contributed by atoms with Crippen molar-refractivity contribution in [3.8, 4) is 11.5 Å². The van der Waals surface area contributed by atoms with Crippen molar-refractivity contribution >= 4 is 28.3 Å². The van der Waals surface area contributed by atoms with Crippen LogP contribution in [0.15, 0.2) is 4.42 Å². The number of ketones is 3. The third-order valence-corrected chi connectivity index (χ3v) is 3.81. The highest BCUT2D eigenvalue weighted by atomic mass is 16.3. The van der Waals surface area contributed by atoms with Crippen molar-refractivity contribution < 1.29 is 29.0 Å². The number of aryl methyl sites for hydroxylation is 1. The summed E-state index contributed by atoms with van der Waals surface area (Å²) in [5.74, 6) is -1.22. The number of phenols is 2. The van der Waals surface area contributed by atoms with Gasteiger partial charge in [0.25, 0.3) is 0 Å². The molecule has 2 N–H and O–H groups in total. The average molecular weight is 318 g/mol. The Kier molecular flexibility index (Phi) is 4.27. The van der Waals surface area contributed by atoms with Crippen LogP contribution in [-0.2, 0) is 16.0 Å². The third kappa shape index (κ3) is 2.84. The summed E-state index contributed by atoms with van der Waals surface area (Å²) in [7, 11) is 0. The summed E-state index contributed by atoms with van der Waals surface area (Å²) in [4.78, 5) is 34.7. The Labute approximate surface area is 132 Å². The lowest BCUT2D eigenvalue weighted by atomic mass is 9.99. The minimum absolute atomic E-state index is 0.0244. The van der Waals surface area contributed by atoms with Crippen LogP contribution in [0.2, 0.25) is 0 Å². The quantitative estimate of drug-likeness (QED) is 0.649. The molecular formula is C17H18O6. The summed E-state index contributed by atoms with van der Waals surface area (Å²) in [6.45, 7) is 5.75. The van der Waals surface area contributed by atoms with Gasteiger partial charge < -0.3 is 14.6 Å². The molecule has 1 aromatic carbocycles. The largest absolute Gasteiger partial charge is 0.507 e. The molecule has 0 aliphatic rings. The molecule has 0 bridgehead atoms. The predicted octanol–water partition coefficient (Wildman–Crippen LogP) is 2.75. The number of carbonyl (C=O) groups is 3. The molecule has 2 aromatic rings. The first kappa shape index (κ1) is 16.7. The summed E-state index contributed by atoms with van der Waals surface area (Å²) in [5.41, 5.74) is 0.720. The smallest absolute Gasteiger partial charge is 0.167 e. The second-order valence-corrected chi connectivity index (χ2v) is 5.70. The summed E-state index contributed by atoms with van der Waals surface area (Å²) in [6.07, 6.45) is -0.316. The number of carbonyl (C=O) groups excluding carboxylic acids is 3. The van der Waals surface area contributed by atoms with Crippen molar-refractivity contribution in [2.75, 3.05) is 0 Å². The van der Waals surface area contributed by atoms with Gasteiger partial charge in [0.1, 0.15) is 34.4 Å². The van der Waals surface area contributed by atoms with Crippen LogP contribution in [0.25, 0.3) is 11.0 Å². The number of rotatable bonds is 5. The zero-order valence-corrected chi connectivity index (χ0v) is 13.4. The average Bonchev–Trinajstić information content (AvgIpc) is 2.72. The first-order valence-electron chi connectivity index (χ1n) is 7.13. The molecule has 0 saturated carbocycles. The van der Waals surface area contributed by atoms with Gasteiger partial charge in [-0.25, -0.2) is 0 Å². The van der Waals surface area contributed by atoms with Crippen molar-refractivity contribution in [1.29, 1.82) is 0 Å². The topological polar surface area (TPSA) is 105 Å². The van der Waals surface area contributed by atoms with Crippen molar-refractivity contribution in [2.24, 2.45) is 0 Å². The SMILES string of the molecule is CC(=O)CC(=O)Cc1oc2c(C(C)=O)c(O)c(C)c(O)c2c1C. The molecule has 6 nitrogen and oxygen atoms in total. The molecule has 2 rings (SSSR count). The standard InChI is InChI=1S/C17H18O6/c1-7(18)5-11(20)6-12-8(2)13-15(21)9(3)16(22)14(10(4)19)17(13)23-12/h21-22H,5-6H2,1-4H3. The molecule has 1 heterocycles. The summed E-state index contributed by atoms with van der Waals surface area (Å²) in [6, 6.07) is 0. The minimum Gasteiger partial charge on any atom is -0.507 e. The van der Waals surface area contributed by atoms with Gasteiger partial charge in [0.2, 0.25) is 0 Å². The van der Waals surface area contributed by atoms with E-state index in [1.807, 2.05) is 0 Å². The maximum absolute atomic E-state index is 11.8. The third-order valence-electron chi connectivity index (χ3n) is 3.81. The van der Waals surface area contributed by atoms with Crippen molar-refractivity contribution in [3.63, 3.8) is 0 Å². The second kappa shape index (κ2) is 5.87. The zero-order chi connectivity index (χ0) is 17.5.